The van der Waals surface area contributed by atoms with Crippen LogP contribution in [0.15, 0.2) is 15.7 Å². The maximum absolute atomic E-state index is 12.7. The Kier molecular flexibility index (Phi) is 4.66. The van der Waals surface area contributed by atoms with E-state index in [0.717, 1.165) is 24.8 Å². The Morgan fingerprint density at radius 3 is 2.63 bits per heavy atom. The van der Waals surface area contributed by atoms with Crippen LogP contribution in [0.25, 0.3) is 0 Å². The van der Waals surface area contributed by atoms with Crippen molar-refractivity contribution in [1.82, 2.24) is 4.31 Å². The van der Waals surface area contributed by atoms with Gasteiger partial charge >= 0.3 is 0 Å². The Hall–Kier alpha value is -0.430. The van der Waals surface area contributed by atoms with Crippen LogP contribution >= 0.6 is 11.3 Å². The summed E-state index contributed by atoms with van der Waals surface area (Å²) in [6.07, 6.45) is 2.89. The Bertz CT molecular complexity index is 519. The number of sulfonamides is 1. The molecule has 6 heteroatoms. The number of hydrogen-bond donors (Lipinski definition) is 1. The van der Waals surface area contributed by atoms with Gasteiger partial charge in [0.1, 0.15) is 4.21 Å². The summed E-state index contributed by atoms with van der Waals surface area (Å²) in [6, 6.07) is 1.93. The molecule has 1 aliphatic rings. The van der Waals surface area contributed by atoms with Gasteiger partial charge in [-0.3, -0.25) is 0 Å². The topological polar surface area (TPSA) is 63.4 Å². The summed E-state index contributed by atoms with van der Waals surface area (Å²) in [4.78, 5) is 0. The van der Waals surface area contributed by atoms with E-state index in [1.807, 2.05) is 5.38 Å². The van der Waals surface area contributed by atoms with Gasteiger partial charge in [0, 0.05) is 19.1 Å². The Balaban J connectivity index is 2.18. The first-order valence-corrected chi connectivity index (χ1v) is 9.06. The van der Waals surface area contributed by atoms with E-state index in [0.29, 0.717) is 23.2 Å². The van der Waals surface area contributed by atoms with Crippen LogP contribution in [-0.4, -0.2) is 25.3 Å². The zero-order valence-corrected chi connectivity index (χ0v) is 13.1. The first-order valence-electron chi connectivity index (χ1n) is 6.74. The van der Waals surface area contributed by atoms with Crippen molar-refractivity contribution in [2.24, 2.45) is 11.7 Å². The van der Waals surface area contributed by atoms with Crippen LogP contribution in [0.3, 0.4) is 0 Å². The fourth-order valence-corrected chi connectivity index (χ4v) is 5.01. The van der Waals surface area contributed by atoms with E-state index in [2.05, 4.69) is 13.8 Å². The number of hydrogen-bond acceptors (Lipinski definition) is 4. The number of nitrogens with zero attached hydrogens (tertiary/aromatic N) is 1. The molecule has 0 unspecified atom stereocenters. The van der Waals surface area contributed by atoms with E-state index in [4.69, 9.17) is 5.73 Å². The molecule has 1 saturated carbocycles. The van der Waals surface area contributed by atoms with Crippen LogP contribution < -0.4 is 5.73 Å². The van der Waals surface area contributed by atoms with Gasteiger partial charge < -0.3 is 5.73 Å². The molecule has 1 aliphatic carbocycles. The van der Waals surface area contributed by atoms with E-state index in [1.54, 1.807) is 10.4 Å². The Labute approximate surface area is 119 Å². The minimum atomic E-state index is -3.33. The molecule has 1 heterocycles. The molecule has 0 spiro atoms. The summed E-state index contributed by atoms with van der Waals surface area (Å²) in [6.45, 7) is 5.26. The van der Waals surface area contributed by atoms with E-state index < -0.39 is 10.0 Å². The molecule has 0 saturated heterocycles. The van der Waals surface area contributed by atoms with E-state index >= 15 is 0 Å². The monoisotopic (exact) mass is 302 g/mol. The molecule has 108 valence electrons. The van der Waals surface area contributed by atoms with Crippen molar-refractivity contribution in [1.29, 1.82) is 0 Å². The van der Waals surface area contributed by atoms with Crippen molar-refractivity contribution in [3.63, 3.8) is 0 Å². The van der Waals surface area contributed by atoms with Crippen molar-refractivity contribution in [3.05, 3.63) is 17.0 Å². The third-order valence-corrected chi connectivity index (χ3v) is 6.73. The van der Waals surface area contributed by atoms with Crippen LogP contribution in [0.2, 0.25) is 0 Å². The Morgan fingerprint density at radius 2 is 2.16 bits per heavy atom. The summed E-state index contributed by atoms with van der Waals surface area (Å²) in [5.74, 6) is 0.513. The van der Waals surface area contributed by atoms with Crippen LogP contribution in [0.1, 0.15) is 38.7 Å². The fraction of sp³-hybridized carbons (Fsp3) is 0.692. The summed E-state index contributed by atoms with van der Waals surface area (Å²) in [5.41, 5.74) is 6.44. The second-order valence-electron chi connectivity index (χ2n) is 5.51. The van der Waals surface area contributed by atoms with Crippen molar-refractivity contribution in [2.45, 2.75) is 49.9 Å². The van der Waals surface area contributed by atoms with Gasteiger partial charge in [-0.15, -0.1) is 11.3 Å². The lowest BCUT2D eigenvalue weighted by molar-refractivity contribution is 0.374. The molecule has 2 N–H and O–H groups in total. The first-order chi connectivity index (χ1) is 8.95. The molecule has 0 radical (unpaired) electrons. The molecular weight excluding hydrogens is 280 g/mol. The lowest BCUT2D eigenvalue weighted by Gasteiger charge is -2.21. The number of rotatable bonds is 7. The van der Waals surface area contributed by atoms with Crippen molar-refractivity contribution in [2.75, 3.05) is 6.54 Å². The summed E-state index contributed by atoms with van der Waals surface area (Å²) < 4.78 is 27.4. The van der Waals surface area contributed by atoms with Gasteiger partial charge in [0.25, 0.3) is 10.0 Å². The maximum atomic E-state index is 12.7. The van der Waals surface area contributed by atoms with Crippen LogP contribution in [0, 0.1) is 5.92 Å². The minimum absolute atomic E-state index is 0.215. The SMILES string of the molecule is CC(C)CCN(C1CC1)S(=O)(=O)c1cc(CN)cs1. The molecule has 0 aliphatic heterocycles. The molecule has 1 aromatic rings. The average molecular weight is 302 g/mol. The predicted octanol–water partition coefficient (Wildman–Crippen LogP) is 2.41. The van der Waals surface area contributed by atoms with Gasteiger partial charge in [-0.05, 0) is 42.2 Å². The molecule has 1 fully saturated rings. The smallest absolute Gasteiger partial charge is 0.252 e. The normalized spacial score (nSPS) is 16.5. The standard InChI is InChI=1S/C13H22N2O2S2/c1-10(2)5-6-15(12-3-4-12)19(16,17)13-7-11(8-14)9-18-13/h7,9-10,12H,3-6,8,14H2,1-2H3. The molecule has 0 bridgehead atoms. The predicted molar refractivity (Wildman–Crippen MR) is 78.6 cm³/mol. The van der Waals surface area contributed by atoms with Crippen LogP contribution in [0.5, 0.6) is 0 Å². The third-order valence-electron chi connectivity index (χ3n) is 3.31. The second kappa shape index (κ2) is 5.91. The van der Waals surface area contributed by atoms with Crippen LogP contribution in [0.4, 0.5) is 0 Å². The van der Waals surface area contributed by atoms with E-state index in [9.17, 15) is 8.42 Å². The molecule has 0 atom stereocenters. The highest BCUT2D eigenvalue weighted by Crippen LogP contribution is 2.34. The van der Waals surface area contributed by atoms with Gasteiger partial charge in [-0.2, -0.15) is 4.31 Å². The zero-order chi connectivity index (χ0) is 14.0. The zero-order valence-electron chi connectivity index (χ0n) is 11.5. The molecule has 4 nitrogen and oxygen atoms in total. The molecule has 19 heavy (non-hydrogen) atoms. The van der Waals surface area contributed by atoms with Gasteiger partial charge in [0.2, 0.25) is 0 Å². The van der Waals surface area contributed by atoms with Gasteiger partial charge in [-0.25, -0.2) is 8.42 Å². The largest absolute Gasteiger partial charge is 0.326 e. The summed E-state index contributed by atoms with van der Waals surface area (Å²) in [5, 5.41) is 1.83. The molecular formula is C13H22N2O2S2. The first kappa shape index (κ1) is 15.0. The van der Waals surface area contributed by atoms with Crippen molar-refractivity contribution in [3.8, 4) is 0 Å². The highest BCUT2D eigenvalue weighted by Gasteiger charge is 2.38. The van der Waals surface area contributed by atoms with Gasteiger partial charge in [0.15, 0.2) is 0 Å². The summed E-state index contributed by atoms with van der Waals surface area (Å²) >= 11 is 1.28. The average Bonchev–Trinajstić information content (AvgIpc) is 3.05. The molecule has 1 aromatic heterocycles. The highest BCUT2D eigenvalue weighted by molar-refractivity contribution is 7.91. The number of thiophene rings is 1. The van der Waals surface area contributed by atoms with Crippen molar-refractivity contribution >= 4 is 21.4 Å². The van der Waals surface area contributed by atoms with Gasteiger partial charge in [0.05, 0.1) is 0 Å². The van der Waals surface area contributed by atoms with Gasteiger partial charge in [-0.1, -0.05) is 13.8 Å². The highest BCUT2D eigenvalue weighted by atomic mass is 32.2. The molecule has 0 aromatic carbocycles. The second-order valence-corrected chi connectivity index (χ2v) is 8.54. The van der Waals surface area contributed by atoms with Crippen LogP contribution in [-0.2, 0) is 16.6 Å². The third kappa shape index (κ3) is 3.56. The lowest BCUT2D eigenvalue weighted by Crippen LogP contribution is -2.34. The molecule has 0 amide bonds. The molecule has 2 rings (SSSR count). The van der Waals surface area contributed by atoms with Crippen molar-refractivity contribution < 1.29 is 8.42 Å². The summed E-state index contributed by atoms with van der Waals surface area (Å²) in [7, 11) is -3.33. The van der Waals surface area contributed by atoms with E-state index in [1.165, 1.54) is 11.3 Å². The van der Waals surface area contributed by atoms with E-state index in [-0.39, 0.29) is 6.04 Å². The lowest BCUT2D eigenvalue weighted by atomic mass is 10.1. The Morgan fingerprint density at radius 1 is 1.47 bits per heavy atom. The quantitative estimate of drug-likeness (QED) is 0.841. The fourth-order valence-electron chi connectivity index (χ4n) is 1.96. The minimum Gasteiger partial charge on any atom is -0.326 e. The number of nitrogens with two attached hydrogens (primary N) is 1. The maximum Gasteiger partial charge on any atom is 0.252 e.